The third-order valence-corrected chi connectivity index (χ3v) is 21.1. The van der Waals surface area contributed by atoms with Crippen molar-refractivity contribution in [2.45, 2.75) is 307 Å². The molecule has 32 aliphatic heterocycles. The monoisotopic (exact) mass is 1620 g/mol. The second-order valence-electron chi connectivity index (χ2n) is 28.1. The maximum atomic E-state index is 12.1. The first-order valence-corrected chi connectivity index (χ1v) is 35.2. The molecule has 1 unspecified atom stereocenters. The molecule has 0 amide bonds. The Hall–Kier alpha value is -2.00. The van der Waals surface area contributed by atoms with Crippen LogP contribution in [0, 0.1) is 0 Å². The summed E-state index contributed by atoms with van der Waals surface area (Å²) in [6.45, 7) is -11.2. The van der Waals surface area contributed by atoms with E-state index in [1.807, 2.05) is 0 Å². The van der Waals surface area contributed by atoms with E-state index < -0.39 is 373 Å². The third-order valence-electron chi connectivity index (χ3n) is 21.1. The van der Waals surface area contributed by atoms with Crippen LogP contribution in [0.25, 0.3) is 0 Å². The molecule has 0 aromatic rings. The van der Waals surface area contributed by atoms with Crippen molar-refractivity contribution >= 4 is 0 Å². The molecule has 32 heterocycles. The molecule has 0 aromatic heterocycles. The highest BCUT2D eigenvalue weighted by Gasteiger charge is 2.62. The van der Waals surface area contributed by atoms with Crippen molar-refractivity contribution < 1.29 is 248 Å². The van der Waals surface area contributed by atoms with Crippen LogP contribution in [-0.4, -0.2) is 526 Å². The fourth-order valence-corrected chi connectivity index (χ4v) is 14.8. The second-order valence-corrected chi connectivity index (χ2v) is 28.1. The van der Waals surface area contributed by atoms with Crippen LogP contribution in [0.1, 0.15) is 0 Å². The number of aliphatic hydroxyl groups excluding tert-OH is 30. The number of aliphatic hydroxyl groups is 30. The summed E-state index contributed by atoms with van der Waals surface area (Å²) < 4.78 is 115. The van der Waals surface area contributed by atoms with Crippen LogP contribution in [0.4, 0.5) is 0 Å². The Labute approximate surface area is 619 Å². The number of hydrogen-bond acceptors (Lipinski definition) is 50. The Morgan fingerprint density at radius 1 is 0.164 bits per heavy atom. The topological polar surface area (TPSA) is 792 Å². The maximum Gasteiger partial charge on any atom is 0.187 e. The van der Waals surface area contributed by atoms with Gasteiger partial charge in [0, 0.05) is 0 Å². The minimum absolute atomic E-state index is 0.922. The minimum atomic E-state index is -2.47. The first-order chi connectivity index (χ1) is 52.3. The van der Waals surface area contributed by atoms with Crippen LogP contribution < -0.4 is 0 Å². The van der Waals surface area contributed by atoms with Gasteiger partial charge in [0.05, 0.1) is 66.1 Å². The summed E-state index contributed by atoms with van der Waals surface area (Å²) in [5.41, 5.74) is 0. The molecule has 30 N–H and O–H groups in total. The predicted octanol–water partition coefficient (Wildman–Crippen LogP) is -21.8. The minimum Gasteiger partial charge on any atom is -0.394 e. The van der Waals surface area contributed by atoms with Crippen LogP contribution in [0.3, 0.4) is 0 Å². The fourth-order valence-electron chi connectivity index (χ4n) is 14.8. The van der Waals surface area contributed by atoms with Gasteiger partial charge < -0.3 is 248 Å². The SMILES string of the molecule is OC[C@H]1O[C@H](O[C@H]2[C@H](O)[C@@H](O)C(OC[C@H]3O[C@@H]4O[C@H]5[C@H](O)[C@@H](O)[C@@H](O[C@H]6[C@H](O)[C@@H](O)[C@@H](O[C@H]7[C@H](O)[C@@H](O)[C@@H](O[C@H]8[C@H](O)[C@@H](O)[C@@H](O[C@H]9[C@H](O)[C@@H](O)[C@@H](O[C@H]%10[C@H](O)[C@@H](O)[C@@H](O[C@H]%11[C@H](O)[C@@H](O)[C@@H](O[C@H]3[C@H](O)[C@H]4O)O[C@@H]%11CO)O[C@@H]%10CO)O[C@@H]9CO)O[C@@H]8CO)O[C@@H]7CO)O[C@@H]6CO)O[C@@H]5CO)O[C@@H]2CO)[C@H](O)[C@@H](O)[C@@H]1O. The van der Waals surface area contributed by atoms with Crippen molar-refractivity contribution in [3.05, 3.63) is 0 Å². The lowest BCUT2D eigenvalue weighted by atomic mass is 9.94. The Morgan fingerprint density at radius 3 is 0.591 bits per heavy atom. The van der Waals surface area contributed by atoms with Gasteiger partial charge >= 0.3 is 0 Å². The van der Waals surface area contributed by atoms with Crippen LogP contribution in [-0.2, 0) is 94.7 Å². The average Bonchev–Trinajstić information content (AvgIpc) is 0.773. The van der Waals surface area contributed by atoms with E-state index in [-0.39, 0.29) is 0 Å². The van der Waals surface area contributed by atoms with Crippen LogP contribution in [0.15, 0.2) is 0 Å². The van der Waals surface area contributed by atoms with Gasteiger partial charge in [-0.15, -0.1) is 0 Å². The molecule has 32 saturated heterocycles. The summed E-state index contributed by atoms with van der Waals surface area (Å²) >= 11 is 0. The highest BCUT2D eigenvalue weighted by molar-refractivity contribution is 5.04. The van der Waals surface area contributed by atoms with E-state index in [0.717, 1.165) is 0 Å². The smallest absolute Gasteiger partial charge is 0.187 e. The highest BCUT2D eigenvalue weighted by Crippen LogP contribution is 2.41. The largest absolute Gasteiger partial charge is 0.394 e. The molecular weight excluding hydrogens is 1520 g/mol. The second kappa shape index (κ2) is 37.9. The van der Waals surface area contributed by atoms with Gasteiger partial charge in [-0.2, -0.15) is 0 Å². The van der Waals surface area contributed by atoms with E-state index in [0.29, 0.717) is 0 Å². The number of ether oxygens (including phenoxy) is 20. The maximum absolute atomic E-state index is 12.1. The quantitative estimate of drug-likeness (QED) is 0.0768. The standard InChI is InChI=1S/C60H100O50/c61-1-11-21(70)22(71)32(81)52(92-11)102-42-12(2-62)93-51(33(82)23(42)72)91-10-20-50-31(80)41(90)60(101-20)109-49-19(9-69)99-58(39(88)29(49)78)107-47-17(7-67)97-56(37(86)27(47)76)105-45-15(5-65)95-54(35(84)25(45)74)103-43-13(3-63)94-53(34(83)24(43)73)104-44-14(4-64)96-55(36(85)26(44)75)106-46-16(6-66)98-57(38(87)28(46)77)108-48-18(8-68)100-59(110-50)40(89)30(48)79/h11-90H,1-10H2/t11-,12-,13-,14-,15-,16-,17-,18-,19-,20-,21-,22+,23-,24-,25-,26-,27-,28-,29-,30-,31-,32-,33-,34-,35-,36-,37-,38-,39-,40-,41-,42-,43-,44-,45-,46-,47-,48-,49-,50-,51?,52-,53-,54-,55-,56-,57-,58-,59-,60-/m1/s1. The third kappa shape index (κ3) is 17.7. The van der Waals surface area contributed by atoms with Crippen LogP contribution >= 0.6 is 0 Å². The summed E-state index contributed by atoms with van der Waals surface area (Å²) in [7, 11) is 0. The van der Waals surface area contributed by atoms with E-state index in [4.69, 9.17) is 94.7 Å². The summed E-state index contributed by atoms with van der Waals surface area (Å²) in [6.07, 6.45) is -106. The fraction of sp³-hybridized carbons (Fsp3) is 1.00. The summed E-state index contributed by atoms with van der Waals surface area (Å²) in [5, 5.41) is 334. The van der Waals surface area contributed by atoms with Crippen molar-refractivity contribution in [3.8, 4) is 0 Å². The van der Waals surface area contributed by atoms with Crippen LogP contribution in [0.2, 0.25) is 0 Å². The highest BCUT2D eigenvalue weighted by atomic mass is 16.8. The average molecular weight is 1620 g/mol. The molecule has 0 spiro atoms. The van der Waals surface area contributed by atoms with Gasteiger partial charge in [-0.25, -0.2) is 0 Å². The zero-order valence-electron chi connectivity index (χ0n) is 57.5. The lowest BCUT2D eigenvalue weighted by molar-refractivity contribution is -0.405. The molecule has 50 nitrogen and oxygen atoms in total. The first kappa shape index (κ1) is 88.8. The molecule has 110 heavy (non-hydrogen) atoms. The molecular formula is C60H100O50. The summed E-state index contributed by atoms with van der Waals surface area (Å²) in [5.74, 6) is 0. The van der Waals surface area contributed by atoms with Crippen molar-refractivity contribution in [3.63, 3.8) is 0 Å². The van der Waals surface area contributed by atoms with Gasteiger partial charge in [-0.05, 0) is 0 Å². The molecule has 0 radical (unpaired) electrons. The molecule has 0 aromatic carbocycles. The molecule has 0 aliphatic carbocycles. The molecule has 16 bridgehead atoms. The zero-order chi connectivity index (χ0) is 80.1. The van der Waals surface area contributed by atoms with Gasteiger partial charge in [-0.1, -0.05) is 0 Å². The number of rotatable bonds is 14. The van der Waals surface area contributed by atoms with E-state index in [1.54, 1.807) is 0 Å². The van der Waals surface area contributed by atoms with E-state index in [2.05, 4.69) is 0 Å². The zero-order valence-corrected chi connectivity index (χ0v) is 57.5. The Bertz CT molecular complexity index is 2780. The van der Waals surface area contributed by atoms with E-state index >= 15 is 0 Å². The predicted molar refractivity (Wildman–Crippen MR) is 326 cm³/mol. The first-order valence-electron chi connectivity index (χ1n) is 35.2. The Balaban J connectivity index is 0.870. The molecule has 32 rings (SSSR count). The van der Waals surface area contributed by atoms with Crippen molar-refractivity contribution in [2.24, 2.45) is 0 Å². The van der Waals surface area contributed by atoms with Gasteiger partial charge in [0.25, 0.3) is 0 Å². The van der Waals surface area contributed by atoms with Crippen molar-refractivity contribution in [2.75, 3.05) is 66.1 Å². The van der Waals surface area contributed by atoms with Gasteiger partial charge in [0.2, 0.25) is 0 Å². The van der Waals surface area contributed by atoms with Crippen LogP contribution in [0.5, 0.6) is 0 Å². The lowest BCUT2D eigenvalue weighted by Gasteiger charge is -2.51. The normalized spacial score (nSPS) is 55.1. The van der Waals surface area contributed by atoms with Gasteiger partial charge in [-0.3, -0.25) is 0 Å². The molecule has 640 valence electrons. The van der Waals surface area contributed by atoms with Gasteiger partial charge in [0.15, 0.2) is 62.9 Å². The molecule has 32 aliphatic rings. The Kier molecular flexibility index (Phi) is 30.6. The Morgan fingerprint density at radius 2 is 0.364 bits per heavy atom. The summed E-state index contributed by atoms with van der Waals surface area (Å²) in [4.78, 5) is 0. The molecule has 50 heteroatoms. The summed E-state index contributed by atoms with van der Waals surface area (Å²) in [6, 6.07) is 0. The van der Waals surface area contributed by atoms with E-state index in [1.165, 1.54) is 0 Å². The van der Waals surface area contributed by atoms with E-state index in [9.17, 15) is 153 Å². The van der Waals surface area contributed by atoms with Crippen molar-refractivity contribution in [1.82, 2.24) is 0 Å². The lowest BCUT2D eigenvalue weighted by Crippen LogP contribution is -2.69. The van der Waals surface area contributed by atoms with Gasteiger partial charge in [0.1, 0.15) is 244 Å². The molecule has 32 fully saturated rings. The molecule has 50 atom stereocenters. The molecule has 0 saturated carbocycles. The number of hydrogen-bond donors (Lipinski definition) is 30. The van der Waals surface area contributed by atoms with Crippen molar-refractivity contribution in [1.29, 1.82) is 0 Å².